The molecule has 1 fully saturated rings. The predicted octanol–water partition coefficient (Wildman–Crippen LogP) is 3.01. The van der Waals surface area contributed by atoms with Crippen LogP contribution in [0, 0.1) is 11.8 Å². The molecule has 0 amide bonds. The summed E-state index contributed by atoms with van der Waals surface area (Å²) in [7, 11) is 1.71. The summed E-state index contributed by atoms with van der Waals surface area (Å²) in [6.45, 7) is 13.8. The summed E-state index contributed by atoms with van der Waals surface area (Å²) in [6.07, 6.45) is 0. The second-order valence-electron chi connectivity index (χ2n) is 7.08. The quantitative estimate of drug-likeness (QED) is 0.851. The Balaban J connectivity index is 2.35. The van der Waals surface area contributed by atoms with Crippen LogP contribution in [-0.4, -0.2) is 30.2 Å². The van der Waals surface area contributed by atoms with Crippen LogP contribution in [0.4, 0.5) is 5.82 Å². The molecular weight excluding hydrogens is 250 g/mol. The van der Waals surface area contributed by atoms with Crippen molar-refractivity contribution in [2.75, 3.05) is 25.1 Å². The summed E-state index contributed by atoms with van der Waals surface area (Å²) >= 11 is 0. The summed E-state index contributed by atoms with van der Waals surface area (Å²) < 4.78 is 5.25. The van der Waals surface area contributed by atoms with Gasteiger partial charge in [0.05, 0.1) is 12.3 Å². The second-order valence-corrected chi connectivity index (χ2v) is 7.08. The molecule has 0 N–H and O–H groups in total. The van der Waals surface area contributed by atoms with Gasteiger partial charge < -0.3 is 9.64 Å². The van der Waals surface area contributed by atoms with Crippen molar-refractivity contribution in [1.29, 1.82) is 0 Å². The van der Waals surface area contributed by atoms with Crippen molar-refractivity contribution in [2.24, 2.45) is 11.8 Å². The van der Waals surface area contributed by atoms with E-state index in [-0.39, 0.29) is 5.41 Å². The average Bonchev–Trinajstić information content (AvgIpc) is 2.69. The van der Waals surface area contributed by atoms with E-state index < -0.39 is 0 Å². The molecule has 1 aromatic heterocycles. The van der Waals surface area contributed by atoms with Gasteiger partial charge in [0.25, 0.3) is 0 Å². The molecule has 112 valence electrons. The number of rotatable bonds is 3. The van der Waals surface area contributed by atoms with Gasteiger partial charge in [0.15, 0.2) is 0 Å². The van der Waals surface area contributed by atoms with Gasteiger partial charge in [-0.3, -0.25) is 0 Å². The Bertz CT molecular complexity index is 457. The zero-order valence-corrected chi connectivity index (χ0v) is 13.6. The lowest BCUT2D eigenvalue weighted by molar-refractivity contribution is 0.181. The number of aromatic nitrogens is 2. The molecule has 2 unspecified atom stereocenters. The van der Waals surface area contributed by atoms with Crippen LogP contribution in [-0.2, 0) is 16.8 Å². The van der Waals surface area contributed by atoms with Gasteiger partial charge in [0.1, 0.15) is 11.6 Å². The number of hydrogen-bond donors (Lipinski definition) is 0. The molecule has 0 radical (unpaired) electrons. The Kier molecular flexibility index (Phi) is 4.33. The zero-order valence-electron chi connectivity index (χ0n) is 13.6. The lowest BCUT2D eigenvalue weighted by atomic mass is 9.95. The fraction of sp³-hybridized carbons (Fsp3) is 0.750. The second kappa shape index (κ2) is 5.68. The maximum Gasteiger partial charge on any atom is 0.136 e. The van der Waals surface area contributed by atoms with Gasteiger partial charge in [-0.1, -0.05) is 34.6 Å². The van der Waals surface area contributed by atoms with Crippen LogP contribution < -0.4 is 4.90 Å². The lowest BCUT2D eigenvalue weighted by Crippen LogP contribution is -2.25. The van der Waals surface area contributed by atoms with Crippen LogP contribution >= 0.6 is 0 Å². The molecule has 0 aliphatic carbocycles. The van der Waals surface area contributed by atoms with Crippen molar-refractivity contribution < 1.29 is 4.74 Å². The first kappa shape index (κ1) is 15.2. The molecule has 4 heteroatoms. The Hall–Kier alpha value is -1.16. The van der Waals surface area contributed by atoms with Crippen molar-refractivity contribution in [3.8, 4) is 0 Å². The molecule has 2 atom stereocenters. The standard InChI is InChI=1S/C16H27N3O/c1-11-8-19(9-12(11)2)14-7-13(10-20-6)17-15(18-14)16(3,4)5/h7,11-12H,8-10H2,1-6H3. The Labute approximate surface area is 122 Å². The van der Waals surface area contributed by atoms with E-state index in [2.05, 4.69) is 50.6 Å². The number of nitrogens with zero attached hydrogens (tertiary/aromatic N) is 3. The van der Waals surface area contributed by atoms with E-state index in [0.29, 0.717) is 18.4 Å². The maximum absolute atomic E-state index is 5.25. The molecule has 1 aliphatic heterocycles. The van der Waals surface area contributed by atoms with Crippen LogP contribution in [0.2, 0.25) is 0 Å². The van der Waals surface area contributed by atoms with Gasteiger partial charge >= 0.3 is 0 Å². The van der Waals surface area contributed by atoms with E-state index in [1.54, 1.807) is 7.11 Å². The van der Waals surface area contributed by atoms with Crippen molar-refractivity contribution in [2.45, 2.75) is 46.6 Å². The summed E-state index contributed by atoms with van der Waals surface area (Å²) in [5, 5.41) is 0. The van der Waals surface area contributed by atoms with Crippen LogP contribution in [0.15, 0.2) is 6.07 Å². The molecule has 4 nitrogen and oxygen atoms in total. The smallest absolute Gasteiger partial charge is 0.136 e. The number of ether oxygens (including phenoxy) is 1. The van der Waals surface area contributed by atoms with Gasteiger partial charge in [-0.05, 0) is 11.8 Å². The Morgan fingerprint density at radius 3 is 2.30 bits per heavy atom. The topological polar surface area (TPSA) is 38.2 Å². The molecule has 1 aromatic rings. The van der Waals surface area contributed by atoms with E-state index in [9.17, 15) is 0 Å². The highest BCUT2D eigenvalue weighted by molar-refractivity contribution is 5.42. The summed E-state index contributed by atoms with van der Waals surface area (Å²) in [6, 6.07) is 2.07. The molecule has 0 spiro atoms. The largest absolute Gasteiger partial charge is 0.378 e. The first-order valence-corrected chi connectivity index (χ1v) is 7.43. The third-order valence-corrected chi connectivity index (χ3v) is 4.04. The third-order valence-electron chi connectivity index (χ3n) is 4.04. The number of hydrogen-bond acceptors (Lipinski definition) is 4. The lowest BCUT2D eigenvalue weighted by Gasteiger charge is -2.23. The normalized spacial score (nSPS) is 23.4. The van der Waals surface area contributed by atoms with Gasteiger partial charge in [0, 0.05) is 31.7 Å². The maximum atomic E-state index is 5.25. The molecule has 2 rings (SSSR count). The fourth-order valence-electron chi connectivity index (χ4n) is 2.52. The van der Waals surface area contributed by atoms with E-state index in [1.807, 2.05) is 0 Å². The molecule has 20 heavy (non-hydrogen) atoms. The van der Waals surface area contributed by atoms with Gasteiger partial charge in [0.2, 0.25) is 0 Å². The molecule has 0 bridgehead atoms. The molecule has 1 saturated heterocycles. The predicted molar refractivity (Wildman–Crippen MR) is 82.0 cm³/mol. The van der Waals surface area contributed by atoms with Crippen molar-refractivity contribution in [1.82, 2.24) is 9.97 Å². The minimum Gasteiger partial charge on any atom is -0.378 e. The molecular formula is C16H27N3O. The van der Waals surface area contributed by atoms with Gasteiger partial charge in [-0.15, -0.1) is 0 Å². The summed E-state index contributed by atoms with van der Waals surface area (Å²) in [5.74, 6) is 3.38. The first-order valence-electron chi connectivity index (χ1n) is 7.43. The SMILES string of the molecule is COCc1cc(N2CC(C)C(C)C2)nc(C(C)(C)C)n1. The Morgan fingerprint density at radius 2 is 1.80 bits per heavy atom. The minimum atomic E-state index is -0.0462. The summed E-state index contributed by atoms with van der Waals surface area (Å²) in [5.41, 5.74) is 0.921. The summed E-state index contributed by atoms with van der Waals surface area (Å²) in [4.78, 5) is 11.8. The highest BCUT2D eigenvalue weighted by Gasteiger charge is 2.28. The number of anilines is 1. The van der Waals surface area contributed by atoms with Crippen LogP contribution in [0.1, 0.15) is 46.1 Å². The number of methoxy groups -OCH3 is 1. The van der Waals surface area contributed by atoms with Gasteiger partial charge in [-0.2, -0.15) is 0 Å². The molecule has 1 aliphatic rings. The molecule has 0 saturated carbocycles. The minimum absolute atomic E-state index is 0.0462. The monoisotopic (exact) mass is 277 g/mol. The van der Waals surface area contributed by atoms with E-state index in [0.717, 1.165) is 30.4 Å². The van der Waals surface area contributed by atoms with Crippen molar-refractivity contribution in [3.05, 3.63) is 17.6 Å². The highest BCUT2D eigenvalue weighted by atomic mass is 16.5. The average molecular weight is 277 g/mol. The van der Waals surface area contributed by atoms with Crippen LogP contribution in [0.25, 0.3) is 0 Å². The zero-order chi connectivity index (χ0) is 14.9. The van der Waals surface area contributed by atoms with E-state index in [1.165, 1.54) is 0 Å². The molecule has 2 heterocycles. The van der Waals surface area contributed by atoms with Crippen molar-refractivity contribution >= 4 is 5.82 Å². The van der Waals surface area contributed by atoms with Crippen LogP contribution in [0.3, 0.4) is 0 Å². The fourth-order valence-corrected chi connectivity index (χ4v) is 2.52. The van der Waals surface area contributed by atoms with Crippen molar-refractivity contribution in [3.63, 3.8) is 0 Å². The van der Waals surface area contributed by atoms with Crippen LogP contribution in [0.5, 0.6) is 0 Å². The molecule has 0 aromatic carbocycles. The highest BCUT2D eigenvalue weighted by Crippen LogP contribution is 2.28. The first-order chi connectivity index (χ1) is 9.31. The van der Waals surface area contributed by atoms with E-state index in [4.69, 9.17) is 9.72 Å². The van der Waals surface area contributed by atoms with E-state index >= 15 is 0 Å². The third kappa shape index (κ3) is 3.29. The Morgan fingerprint density at radius 1 is 1.20 bits per heavy atom. The van der Waals surface area contributed by atoms with Gasteiger partial charge in [-0.25, -0.2) is 9.97 Å².